The van der Waals surface area contributed by atoms with E-state index in [1.807, 2.05) is 18.3 Å². The largest absolute Gasteiger partial charge is 0.278 e. The number of H-pyrrole nitrogens is 1. The Bertz CT molecular complexity index is 367. The Kier molecular flexibility index (Phi) is 1.58. The quantitative estimate of drug-likeness (QED) is 0.620. The number of rotatable bonds is 1. The van der Waals surface area contributed by atoms with Crippen molar-refractivity contribution < 1.29 is 0 Å². The Morgan fingerprint density at radius 1 is 1.45 bits per heavy atom. The standard InChI is InChI=1S/C8H8N2S/c11-5-6-2-1-3-8-7(6)4-9-10-8/h1-4,11H,5H2,(H,9,10). The van der Waals surface area contributed by atoms with Crippen LogP contribution in [0.4, 0.5) is 0 Å². The fraction of sp³-hybridized carbons (Fsp3) is 0.125. The lowest BCUT2D eigenvalue weighted by molar-refractivity contribution is 1.12. The molecule has 0 bridgehead atoms. The van der Waals surface area contributed by atoms with E-state index in [1.54, 1.807) is 0 Å². The second-order valence-corrected chi connectivity index (χ2v) is 2.72. The van der Waals surface area contributed by atoms with Gasteiger partial charge in [-0.25, -0.2) is 0 Å². The normalized spacial score (nSPS) is 10.6. The van der Waals surface area contributed by atoms with Gasteiger partial charge in [-0.2, -0.15) is 17.7 Å². The molecule has 3 heteroatoms. The maximum Gasteiger partial charge on any atom is 0.0653 e. The van der Waals surface area contributed by atoms with Gasteiger partial charge in [0.1, 0.15) is 0 Å². The smallest absolute Gasteiger partial charge is 0.0653 e. The zero-order valence-corrected chi connectivity index (χ0v) is 6.81. The van der Waals surface area contributed by atoms with E-state index in [2.05, 4.69) is 28.9 Å². The zero-order valence-electron chi connectivity index (χ0n) is 5.91. The molecule has 11 heavy (non-hydrogen) atoms. The first-order valence-corrected chi connectivity index (χ1v) is 4.07. The number of thiol groups is 1. The lowest BCUT2D eigenvalue weighted by Gasteiger charge is -1.95. The van der Waals surface area contributed by atoms with Crippen LogP contribution in [0.3, 0.4) is 0 Å². The molecule has 56 valence electrons. The Labute approximate surface area is 70.0 Å². The van der Waals surface area contributed by atoms with Crippen LogP contribution in [0.15, 0.2) is 24.4 Å². The van der Waals surface area contributed by atoms with E-state index in [9.17, 15) is 0 Å². The van der Waals surface area contributed by atoms with Crippen LogP contribution in [0, 0.1) is 0 Å². The van der Waals surface area contributed by atoms with Crippen molar-refractivity contribution in [3.63, 3.8) is 0 Å². The van der Waals surface area contributed by atoms with Crippen molar-refractivity contribution in [2.75, 3.05) is 0 Å². The minimum Gasteiger partial charge on any atom is -0.278 e. The summed E-state index contributed by atoms with van der Waals surface area (Å²) in [4.78, 5) is 0. The average Bonchev–Trinajstić information content (AvgIpc) is 2.50. The van der Waals surface area contributed by atoms with Gasteiger partial charge in [0.25, 0.3) is 0 Å². The maximum atomic E-state index is 4.22. The molecule has 0 aliphatic carbocycles. The molecule has 0 aliphatic rings. The third kappa shape index (κ3) is 1.01. The molecular weight excluding hydrogens is 156 g/mol. The number of fused-ring (bicyclic) bond motifs is 1. The molecule has 1 aromatic carbocycles. The SMILES string of the molecule is SCc1cccc2[nH]ncc12. The Morgan fingerprint density at radius 3 is 3.18 bits per heavy atom. The van der Waals surface area contributed by atoms with E-state index in [0.717, 1.165) is 11.3 Å². The van der Waals surface area contributed by atoms with E-state index in [0.29, 0.717) is 0 Å². The van der Waals surface area contributed by atoms with Crippen molar-refractivity contribution >= 4 is 23.5 Å². The third-order valence-corrected chi connectivity index (χ3v) is 2.09. The van der Waals surface area contributed by atoms with Crippen molar-refractivity contribution in [2.24, 2.45) is 0 Å². The predicted octanol–water partition coefficient (Wildman–Crippen LogP) is 1.99. The summed E-state index contributed by atoms with van der Waals surface area (Å²) in [6.07, 6.45) is 1.83. The summed E-state index contributed by atoms with van der Waals surface area (Å²) in [5.41, 5.74) is 2.30. The van der Waals surface area contributed by atoms with Crippen molar-refractivity contribution in [1.29, 1.82) is 0 Å². The highest BCUT2D eigenvalue weighted by Gasteiger charge is 1.98. The molecule has 2 rings (SSSR count). The second kappa shape index (κ2) is 2.58. The summed E-state index contributed by atoms with van der Waals surface area (Å²) in [6, 6.07) is 6.08. The van der Waals surface area contributed by atoms with Gasteiger partial charge in [-0.15, -0.1) is 0 Å². The summed E-state index contributed by atoms with van der Waals surface area (Å²) in [6.45, 7) is 0. The zero-order chi connectivity index (χ0) is 7.68. The number of benzene rings is 1. The fourth-order valence-electron chi connectivity index (χ4n) is 1.17. The topological polar surface area (TPSA) is 28.7 Å². The van der Waals surface area contributed by atoms with Crippen molar-refractivity contribution in [3.8, 4) is 0 Å². The molecule has 0 saturated heterocycles. The molecule has 2 aromatic rings. The number of nitrogens with one attached hydrogen (secondary N) is 1. The van der Waals surface area contributed by atoms with Gasteiger partial charge in [0.05, 0.1) is 11.7 Å². The van der Waals surface area contributed by atoms with E-state index < -0.39 is 0 Å². The fourth-order valence-corrected chi connectivity index (χ4v) is 1.44. The Hall–Kier alpha value is -0.960. The average molecular weight is 164 g/mol. The summed E-state index contributed by atoms with van der Waals surface area (Å²) >= 11 is 4.22. The van der Waals surface area contributed by atoms with Gasteiger partial charge in [-0.05, 0) is 11.6 Å². The molecule has 0 unspecified atom stereocenters. The molecule has 0 saturated carbocycles. The van der Waals surface area contributed by atoms with Gasteiger partial charge in [0.15, 0.2) is 0 Å². The Balaban J connectivity index is 2.79. The van der Waals surface area contributed by atoms with Crippen LogP contribution in [0.2, 0.25) is 0 Å². The number of hydrogen-bond donors (Lipinski definition) is 2. The molecule has 1 heterocycles. The summed E-state index contributed by atoms with van der Waals surface area (Å²) in [5, 5.41) is 8.03. The minimum absolute atomic E-state index is 0.761. The van der Waals surface area contributed by atoms with Crippen LogP contribution < -0.4 is 0 Å². The number of aromatic nitrogens is 2. The number of nitrogens with zero attached hydrogens (tertiary/aromatic N) is 1. The van der Waals surface area contributed by atoms with Crippen LogP contribution >= 0.6 is 12.6 Å². The van der Waals surface area contributed by atoms with E-state index in [1.165, 1.54) is 10.9 Å². The predicted molar refractivity (Wildman–Crippen MR) is 48.8 cm³/mol. The molecule has 0 amide bonds. The first-order chi connectivity index (χ1) is 5.42. The molecule has 1 N–H and O–H groups in total. The van der Waals surface area contributed by atoms with Crippen LogP contribution in [0.1, 0.15) is 5.56 Å². The third-order valence-electron chi connectivity index (χ3n) is 1.75. The van der Waals surface area contributed by atoms with E-state index >= 15 is 0 Å². The highest BCUT2D eigenvalue weighted by atomic mass is 32.1. The maximum absolute atomic E-state index is 4.22. The molecule has 1 aromatic heterocycles. The molecule has 0 spiro atoms. The summed E-state index contributed by atoms with van der Waals surface area (Å²) < 4.78 is 0. The first kappa shape index (κ1) is 6.73. The van der Waals surface area contributed by atoms with Crippen LogP contribution in [-0.2, 0) is 5.75 Å². The molecule has 0 fully saturated rings. The van der Waals surface area contributed by atoms with Crippen LogP contribution in [0.25, 0.3) is 10.9 Å². The van der Waals surface area contributed by atoms with Crippen molar-refractivity contribution in [3.05, 3.63) is 30.0 Å². The summed E-state index contributed by atoms with van der Waals surface area (Å²) in [5.74, 6) is 0.761. The first-order valence-electron chi connectivity index (χ1n) is 3.43. The van der Waals surface area contributed by atoms with Gasteiger partial charge in [0, 0.05) is 11.1 Å². The molecule has 0 radical (unpaired) electrons. The molecule has 0 aliphatic heterocycles. The van der Waals surface area contributed by atoms with Crippen LogP contribution in [0.5, 0.6) is 0 Å². The summed E-state index contributed by atoms with van der Waals surface area (Å²) in [7, 11) is 0. The number of aromatic amines is 1. The van der Waals surface area contributed by atoms with Gasteiger partial charge < -0.3 is 0 Å². The second-order valence-electron chi connectivity index (χ2n) is 2.41. The highest BCUT2D eigenvalue weighted by molar-refractivity contribution is 7.79. The van der Waals surface area contributed by atoms with E-state index in [4.69, 9.17) is 0 Å². The Morgan fingerprint density at radius 2 is 2.36 bits per heavy atom. The lowest BCUT2D eigenvalue weighted by Crippen LogP contribution is -1.77. The van der Waals surface area contributed by atoms with Gasteiger partial charge >= 0.3 is 0 Å². The molecular formula is C8H8N2S. The van der Waals surface area contributed by atoms with Crippen LogP contribution in [-0.4, -0.2) is 10.2 Å². The van der Waals surface area contributed by atoms with Gasteiger partial charge in [-0.1, -0.05) is 12.1 Å². The number of hydrogen-bond acceptors (Lipinski definition) is 2. The van der Waals surface area contributed by atoms with Crippen molar-refractivity contribution in [1.82, 2.24) is 10.2 Å². The van der Waals surface area contributed by atoms with Gasteiger partial charge in [-0.3, -0.25) is 5.10 Å². The van der Waals surface area contributed by atoms with E-state index in [-0.39, 0.29) is 0 Å². The monoisotopic (exact) mass is 164 g/mol. The lowest BCUT2D eigenvalue weighted by atomic mass is 10.1. The molecule has 2 nitrogen and oxygen atoms in total. The minimum atomic E-state index is 0.761. The van der Waals surface area contributed by atoms with Gasteiger partial charge in [0.2, 0.25) is 0 Å². The van der Waals surface area contributed by atoms with Crippen molar-refractivity contribution in [2.45, 2.75) is 5.75 Å². The molecule has 0 atom stereocenters. The highest BCUT2D eigenvalue weighted by Crippen LogP contribution is 2.16.